The lowest BCUT2D eigenvalue weighted by molar-refractivity contribution is -0.116. The van der Waals surface area contributed by atoms with E-state index in [0.29, 0.717) is 41.5 Å². The first-order chi connectivity index (χ1) is 14.9. The van der Waals surface area contributed by atoms with Crippen molar-refractivity contribution in [3.05, 3.63) is 59.7 Å². The van der Waals surface area contributed by atoms with Gasteiger partial charge in [-0.25, -0.2) is 0 Å². The molecule has 0 atom stereocenters. The number of ether oxygens (including phenoxy) is 1. The van der Waals surface area contributed by atoms with Gasteiger partial charge in [0.2, 0.25) is 5.91 Å². The van der Waals surface area contributed by atoms with Crippen LogP contribution in [-0.4, -0.2) is 24.3 Å². The number of hydrogen-bond donors (Lipinski definition) is 3. The first-order valence-electron chi connectivity index (χ1n) is 10.6. The summed E-state index contributed by atoms with van der Waals surface area (Å²) in [6.45, 7) is 6.74. The van der Waals surface area contributed by atoms with Gasteiger partial charge in [0, 0.05) is 17.7 Å². The predicted molar refractivity (Wildman–Crippen MR) is 121 cm³/mol. The number of carbonyl (C=O) groups is 3. The lowest BCUT2D eigenvalue weighted by atomic mass is 10.1. The van der Waals surface area contributed by atoms with Gasteiger partial charge in [0.05, 0.1) is 12.2 Å². The fourth-order valence-electron chi connectivity index (χ4n) is 2.70. The Hall–Kier alpha value is -3.35. The third-order valence-electron chi connectivity index (χ3n) is 4.56. The van der Waals surface area contributed by atoms with Crippen molar-refractivity contribution in [2.45, 2.75) is 46.5 Å². The molecule has 0 aliphatic carbocycles. The van der Waals surface area contributed by atoms with Gasteiger partial charge in [-0.1, -0.05) is 39.3 Å². The second-order valence-electron chi connectivity index (χ2n) is 7.66. The smallest absolute Gasteiger partial charge is 0.273 e. The first-order valence-corrected chi connectivity index (χ1v) is 10.6. The second kappa shape index (κ2) is 12.4. The number of para-hydroxylation sites is 1. The standard InChI is InChI=1S/C24H31N3O4/c1-4-5-10-22(28)25-19-13-11-18(12-14-19)23(29)26-27-24(30)20-8-6-7-9-21(20)31-16-15-17(2)3/h6-9,11-14,17H,4-5,10,15-16H2,1-3H3,(H,25,28)(H,26,29)(H,27,30). The summed E-state index contributed by atoms with van der Waals surface area (Å²) in [5.74, 6) is -0.0151. The van der Waals surface area contributed by atoms with Crippen molar-refractivity contribution in [2.75, 3.05) is 11.9 Å². The summed E-state index contributed by atoms with van der Waals surface area (Å²) in [6, 6.07) is 13.4. The molecule has 0 unspecified atom stereocenters. The molecule has 0 aromatic heterocycles. The highest BCUT2D eigenvalue weighted by atomic mass is 16.5. The van der Waals surface area contributed by atoms with Crippen LogP contribution in [0.25, 0.3) is 0 Å². The quantitative estimate of drug-likeness (QED) is 0.494. The van der Waals surface area contributed by atoms with Crippen LogP contribution in [0.3, 0.4) is 0 Å². The molecule has 0 saturated carbocycles. The SMILES string of the molecule is CCCCC(=O)Nc1ccc(C(=O)NNC(=O)c2ccccc2OCCC(C)C)cc1. The molecule has 0 aliphatic heterocycles. The molecule has 0 heterocycles. The third kappa shape index (κ3) is 8.12. The van der Waals surface area contributed by atoms with Crippen molar-refractivity contribution in [1.29, 1.82) is 0 Å². The minimum atomic E-state index is -0.465. The highest BCUT2D eigenvalue weighted by Crippen LogP contribution is 2.18. The number of hydrogen-bond acceptors (Lipinski definition) is 4. The molecule has 3 amide bonds. The van der Waals surface area contributed by atoms with E-state index >= 15 is 0 Å². The Morgan fingerprint density at radius 2 is 1.61 bits per heavy atom. The summed E-state index contributed by atoms with van der Waals surface area (Å²) in [7, 11) is 0. The van der Waals surface area contributed by atoms with E-state index in [-0.39, 0.29) is 5.91 Å². The van der Waals surface area contributed by atoms with E-state index < -0.39 is 11.8 Å². The maximum atomic E-state index is 12.5. The number of hydrazine groups is 1. The molecular formula is C24H31N3O4. The van der Waals surface area contributed by atoms with Crippen LogP contribution in [0, 0.1) is 5.92 Å². The number of carbonyl (C=O) groups excluding carboxylic acids is 3. The molecule has 0 fully saturated rings. The number of nitrogens with one attached hydrogen (secondary N) is 3. The molecule has 0 aliphatic rings. The minimum absolute atomic E-state index is 0.0550. The molecule has 7 heteroatoms. The fourth-order valence-corrected chi connectivity index (χ4v) is 2.70. The largest absolute Gasteiger partial charge is 0.493 e. The number of unbranched alkanes of at least 4 members (excludes halogenated alkanes) is 1. The third-order valence-corrected chi connectivity index (χ3v) is 4.56. The Labute approximate surface area is 183 Å². The van der Waals surface area contributed by atoms with Crippen molar-refractivity contribution in [3.63, 3.8) is 0 Å². The highest BCUT2D eigenvalue weighted by Gasteiger charge is 2.14. The summed E-state index contributed by atoms with van der Waals surface area (Å²) in [4.78, 5) is 36.6. The molecule has 0 bridgehead atoms. The zero-order valence-corrected chi connectivity index (χ0v) is 18.4. The lowest BCUT2D eigenvalue weighted by Gasteiger charge is -2.13. The average molecular weight is 426 g/mol. The number of rotatable bonds is 10. The fraction of sp³-hybridized carbons (Fsp3) is 0.375. The van der Waals surface area contributed by atoms with Crippen LogP contribution in [0.15, 0.2) is 48.5 Å². The predicted octanol–water partition coefficient (Wildman–Crippen LogP) is 4.32. The van der Waals surface area contributed by atoms with E-state index in [9.17, 15) is 14.4 Å². The molecule has 3 N–H and O–H groups in total. The lowest BCUT2D eigenvalue weighted by Crippen LogP contribution is -2.41. The monoisotopic (exact) mass is 425 g/mol. The normalized spacial score (nSPS) is 10.5. The van der Waals surface area contributed by atoms with E-state index in [4.69, 9.17) is 4.74 Å². The number of amides is 3. The molecule has 166 valence electrons. The Morgan fingerprint density at radius 1 is 0.935 bits per heavy atom. The van der Waals surface area contributed by atoms with E-state index in [0.717, 1.165) is 19.3 Å². The Balaban J connectivity index is 1.89. The minimum Gasteiger partial charge on any atom is -0.493 e. The second-order valence-corrected chi connectivity index (χ2v) is 7.66. The van der Waals surface area contributed by atoms with Gasteiger partial charge in [-0.3, -0.25) is 25.2 Å². The maximum absolute atomic E-state index is 12.5. The van der Waals surface area contributed by atoms with Gasteiger partial charge < -0.3 is 10.1 Å². The van der Waals surface area contributed by atoms with Gasteiger partial charge in [0.1, 0.15) is 5.75 Å². The molecule has 0 saturated heterocycles. The molecule has 0 spiro atoms. The van der Waals surface area contributed by atoms with Crippen LogP contribution in [0.1, 0.15) is 67.2 Å². The molecule has 2 rings (SSSR count). The molecule has 2 aromatic carbocycles. The van der Waals surface area contributed by atoms with Crippen LogP contribution in [0.5, 0.6) is 5.75 Å². The zero-order chi connectivity index (χ0) is 22.6. The summed E-state index contributed by atoms with van der Waals surface area (Å²) in [5, 5.41) is 2.79. The molecule has 7 nitrogen and oxygen atoms in total. The summed E-state index contributed by atoms with van der Waals surface area (Å²) >= 11 is 0. The summed E-state index contributed by atoms with van der Waals surface area (Å²) in [6.07, 6.45) is 3.12. The van der Waals surface area contributed by atoms with Crippen LogP contribution in [0.2, 0.25) is 0 Å². The average Bonchev–Trinajstić information content (AvgIpc) is 2.76. The van der Waals surface area contributed by atoms with Crippen molar-refractivity contribution < 1.29 is 19.1 Å². The van der Waals surface area contributed by atoms with Gasteiger partial charge in [0.15, 0.2) is 0 Å². The molecular weight excluding hydrogens is 394 g/mol. The van der Waals surface area contributed by atoms with Crippen LogP contribution in [-0.2, 0) is 4.79 Å². The molecule has 2 aromatic rings. The highest BCUT2D eigenvalue weighted by molar-refractivity contribution is 6.00. The summed E-state index contributed by atoms with van der Waals surface area (Å²) < 4.78 is 5.72. The Morgan fingerprint density at radius 3 is 2.29 bits per heavy atom. The van der Waals surface area contributed by atoms with E-state index in [2.05, 4.69) is 30.0 Å². The van der Waals surface area contributed by atoms with Crippen LogP contribution < -0.4 is 20.9 Å². The van der Waals surface area contributed by atoms with Crippen molar-refractivity contribution >= 4 is 23.4 Å². The van der Waals surface area contributed by atoms with E-state index in [1.54, 1.807) is 48.5 Å². The van der Waals surface area contributed by atoms with Crippen molar-refractivity contribution in [2.24, 2.45) is 5.92 Å². The zero-order valence-electron chi connectivity index (χ0n) is 18.4. The number of anilines is 1. The Kier molecular flexibility index (Phi) is 9.55. The van der Waals surface area contributed by atoms with Gasteiger partial charge >= 0.3 is 0 Å². The number of benzene rings is 2. The van der Waals surface area contributed by atoms with E-state index in [1.165, 1.54) is 0 Å². The van der Waals surface area contributed by atoms with Gasteiger partial charge in [0.25, 0.3) is 11.8 Å². The first kappa shape index (κ1) is 23.9. The molecule has 31 heavy (non-hydrogen) atoms. The molecule has 0 radical (unpaired) electrons. The topological polar surface area (TPSA) is 96.5 Å². The van der Waals surface area contributed by atoms with Crippen molar-refractivity contribution in [3.8, 4) is 5.75 Å². The van der Waals surface area contributed by atoms with Gasteiger partial charge in [-0.05, 0) is 55.2 Å². The van der Waals surface area contributed by atoms with E-state index in [1.807, 2.05) is 6.92 Å². The van der Waals surface area contributed by atoms with Crippen LogP contribution >= 0.6 is 0 Å². The van der Waals surface area contributed by atoms with Gasteiger partial charge in [-0.15, -0.1) is 0 Å². The summed E-state index contributed by atoms with van der Waals surface area (Å²) in [5.41, 5.74) is 6.14. The maximum Gasteiger partial charge on any atom is 0.273 e. The van der Waals surface area contributed by atoms with Crippen LogP contribution in [0.4, 0.5) is 5.69 Å². The van der Waals surface area contributed by atoms with Crippen molar-refractivity contribution in [1.82, 2.24) is 10.9 Å². The van der Waals surface area contributed by atoms with Gasteiger partial charge in [-0.2, -0.15) is 0 Å². The Bertz CT molecular complexity index is 879.